The molecule has 0 amide bonds. The van der Waals surface area contributed by atoms with Gasteiger partial charge in [-0.05, 0) is 50.9 Å². The molecule has 0 aliphatic carbocycles. The summed E-state index contributed by atoms with van der Waals surface area (Å²) < 4.78 is 4.60. The molecule has 1 saturated heterocycles. The number of nitrogens with zero attached hydrogens (tertiary/aromatic N) is 5. The molecule has 1 fully saturated rings. The number of piperidine rings is 1. The third-order valence-corrected chi connectivity index (χ3v) is 4.47. The first-order valence-electron chi connectivity index (χ1n) is 7.21. The number of rotatable bonds is 2. The van der Waals surface area contributed by atoms with E-state index in [0.717, 1.165) is 41.8 Å². The van der Waals surface area contributed by atoms with Crippen molar-refractivity contribution in [2.75, 3.05) is 13.1 Å². The van der Waals surface area contributed by atoms with E-state index in [1.165, 1.54) is 12.8 Å². The Morgan fingerprint density at radius 3 is 2.70 bits per heavy atom. The molecule has 0 radical (unpaired) electrons. The summed E-state index contributed by atoms with van der Waals surface area (Å²) in [6.45, 7) is 9.38. The fraction of sp³-hybridized carbons (Fsp3) is 0.643. The van der Waals surface area contributed by atoms with E-state index in [-0.39, 0.29) is 0 Å². The van der Waals surface area contributed by atoms with Crippen LogP contribution in [0.3, 0.4) is 0 Å². The van der Waals surface area contributed by atoms with E-state index in [9.17, 15) is 0 Å². The molecule has 0 unspecified atom stereocenters. The lowest BCUT2D eigenvalue weighted by Gasteiger charge is -2.29. The van der Waals surface area contributed by atoms with Gasteiger partial charge >= 0.3 is 0 Å². The van der Waals surface area contributed by atoms with Crippen LogP contribution in [0.2, 0.25) is 0 Å². The smallest absolute Gasteiger partial charge is 0.254 e. The predicted molar refractivity (Wildman–Crippen MR) is 81.3 cm³/mol. The first-order chi connectivity index (χ1) is 9.54. The van der Waals surface area contributed by atoms with E-state index < -0.39 is 0 Å². The predicted octanol–water partition coefficient (Wildman–Crippen LogP) is 2.57. The summed E-state index contributed by atoms with van der Waals surface area (Å²) in [5.74, 6) is 1.55. The van der Waals surface area contributed by atoms with Gasteiger partial charge in [0.15, 0.2) is 0 Å². The summed E-state index contributed by atoms with van der Waals surface area (Å²) in [7, 11) is 0. The highest BCUT2D eigenvalue weighted by Gasteiger charge is 2.17. The maximum atomic E-state index is 5.55. The maximum Gasteiger partial charge on any atom is 0.254 e. The Kier molecular flexibility index (Phi) is 3.60. The molecule has 6 heteroatoms. The number of aryl methyl sites for hydroxylation is 2. The van der Waals surface area contributed by atoms with Crippen LogP contribution in [0.25, 0.3) is 5.78 Å². The molecule has 2 aromatic heterocycles. The quantitative estimate of drug-likeness (QED) is 0.797. The number of hydrogen-bond acceptors (Lipinski definition) is 4. The Balaban J connectivity index is 1.91. The van der Waals surface area contributed by atoms with Crippen LogP contribution in [0.5, 0.6) is 0 Å². The van der Waals surface area contributed by atoms with Gasteiger partial charge in [0.2, 0.25) is 4.77 Å². The standard InChI is InChI=1S/C14H21N5S/c1-10-4-6-17(7-5-10)9-18-14(20)19-12(3)8-11(2)15-13(19)16-18/h8,10H,4-7,9H2,1-3H3. The van der Waals surface area contributed by atoms with E-state index >= 15 is 0 Å². The Morgan fingerprint density at radius 1 is 1.30 bits per heavy atom. The second-order valence-electron chi connectivity index (χ2n) is 5.90. The van der Waals surface area contributed by atoms with Crippen LogP contribution in [0.1, 0.15) is 31.2 Å². The van der Waals surface area contributed by atoms with E-state index in [1.807, 2.05) is 29.0 Å². The van der Waals surface area contributed by atoms with E-state index in [0.29, 0.717) is 5.78 Å². The minimum Gasteiger partial charge on any atom is -0.284 e. The van der Waals surface area contributed by atoms with Crippen LogP contribution in [-0.4, -0.2) is 37.2 Å². The van der Waals surface area contributed by atoms with Crippen molar-refractivity contribution in [2.24, 2.45) is 5.92 Å². The van der Waals surface area contributed by atoms with Gasteiger partial charge in [-0.2, -0.15) is 0 Å². The van der Waals surface area contributed by atoms with Crippen molar-refractivity contribution in [3.63, 3.8) is 0 Å². The minimum atomic E-state index is 0.706. The first kappa shape index (κ1) is 13.7. The molecule has 0 saturated carbocycles. The molecule has 5 nitrogen and oxygen atoms in total. The lowest BCUT2D eigenvalue weighted by atomic mass is 10.00. The molecule has 0 bridgehead atoms. The van der Waals surface area contributed by atoms with Crippen molar-refractivity contribution in [3.05, 3.63) is 22.2 Å². The zero-order valence-corrected chi connectivity index (χ0v) is 13.2. The van der Waals surface area contributed by atoms with Crippen LogP contribution >= 0.6 is 12.2 Å². The van der Waals surface area contributed by atoms with Crippen molar-refractivity contribution in [1.82, 2.24) is 24.1 Å². The summed E-state index contributed by atoms with van der Waals surface area (Å²) in [5, 5.41) is 4.57. The molecule has 1 aliphatic heterocycles. The number of likely N-dealkylation sites (tertiary alicyclic amines) is 1. The molecule has 0 atom stereocenters. The van der Waals surface area contributed by atoms with Crippen molar-refractivity contribution in [1.29, 1.82) is 0 Å². The maximum absolute atomic E-state index is 5.55. The normalized spacial score (nSPS) is 17.9. The van der Waals surface area contributed by atoms with Crippen LogP contribution < -0.4 is 0 Å². The monoisotopic (exact) mass is 291 g/mol. The molecule has 1 aliphatic rings. The van der Waals surface area contributed by atoms with Crippen LogP contribution in [0.15, 0.2) is 6.07 Å². The Hall–Kier alpha value is -1.27. The van der Waals surface area contributed by atoms with E-state index in [2.05, 4.69) is 21.9 Å². The third-order valence-electron chi connectivity index (χ3n) is 4.08. The zero-order chi connectivity index (χ0) is 14.3. The Labute approximate surface area is 124 Å². The topological polar surface area (TPSA) is 38.4 Å². The van der Waals surface area contributed by atoms with E-state index in [1.54, 1.807) is 0 Å². The highest BCUT2D eigenvalue weighted by atomic mass is 32.1. The lowest BCUT2D eigenvalue weighted by molar-refractivity contribution is 0.146. The summed E-state index contributed by atoms with van der Waals surface area (Å²) in [4.78, 5) is 6.89. The van der Waals surface area contributed by atoms with Gasteiger partial charge in [0, 0.05) is 24.5 Å². The molecule has 3 heterocycles. The zero-order valence-electron chi connectivity index (χ0n) is 12.3. The van der Waals surface area contributed by atoms with Crippen LogP contribution in [0, 0.1) is 24.5 Å². The molecule has 108 valence electrons. The van der Waals surface area contributed by atoms with Crippen molar-refractivity contribution >= 4 is 18.0 Å². The van der Waals surface area contributed by atoms with Gasteiger partial charge in [0.1, 0.15) is 0 Å². The van der Waals surface area contributed by atoms with Gasteiger partial charge in [-0.3, -0.25) is 9.30 Å². The second-order valence-corrected chi connectivity index (χ2v) is 6.26. The van der Waals surface area contributed by atoms with Gasteiger partial charge in [-0.15, -0.1) is 5.10 Å². The van der Waals surface area contributed by atoms with Gasteiger partial charge in [-0.1, -0.05) is 6.92 Å². The lowest BCUT2D eigenvalue weighted by Crippen LogP contribution is -2.34. The average molecular weight is 291 g/mol. The molecular weight excluding hydrogens is 270 g/mol. The molecule has 0 spiro atoms. The summed E-state index contributed by atoms with van der Waals surface area (Å²) in [6.07, 6.45) is 2.52. The van der Waals surface area contributed by atoms with Crippen molar-refractivity contribution < 1.29 is 0 Å². The van der Waals surface area contributed by atoms with Gasteiger partial charge in [-0.25, -0.2) is 9.67 Å². The highest BCUT2D eigenvalue weighted by molar-refractivity contribution is 7.71. The molecule has 3 rings (SSSR count). The second kappa shape index (κ2) is 5.26. The highest BCUT2D eigenvalue weighted by Crippen LogP contribution is 2.17. The minimum absolute atomic E-state index is 0.706. The number of fused-ring (bicyclic) bond motifs is 1. The van der Waals surface area contributed by atoms with Gasteiger partial charge in [0.05, 0.1) is 6.67 Å². The SMILES string of the molecule is Cc1cc(C)n2c(=S)n(CN3CCC(C)CC3)nc2n1. The third kappa shape index (κ3) is 2.50. The van der Waals surface area contributed by atoms with Gasteiger partial charge < -0.3 is 0 Å². The van der Waals surface area contributed by atoms with Gasteiger partial charge in [0.25, 0.3) is 5.78 Å². The molecule has 2 aromatic rings. The Bertz CT molecular complexity index is 679. The summed E-state index contributed by atoms with van der Waals surface area (Å²) in [5.41, 5.74) is 2.07. The van der Waals surface area contributed by atoms with Crippen molar-refractivity contribution in [2.45, 2.75) is 40.3 Å². The first-order valence-corrected chi connectivity index (χ1v) is 7.61. The largest absolute Gasteiger partial charge is 0.284 e. The molecule has 20 heavy (non-hydrogen) atoms. The van der Waals surface area contributed by atoms with Crippen molar-refractivity contribution in [3.8, 4) is 0 Å². The Morgan fingerprint density at radius 2 is 2.00 bits per heavy atom. The molecular formula is C14H21N5S. The summed E-state index contributed by atoms with van der Waals surface area (Å²) in [6, 6.07) is 2.04. The fourth-order valence-corrected chi connectivity index (χ4v) is 3.14. The average Bonchev–Trinajstić information content (AvgIpc) is 2.69. The summed E-state index contributed by atoms with van der Waals surface area (Å²) >= 11 is 5.55. The van der Waals surface area contributed by atoms with Crippen LogP contribution in [-0.2, 0) is 6.67 Å². The van der Waals surface area contributed by atoms with Crippen LogP contribution in [0.4, 0.5) is 0 Å². The fourth-order valence-electron chi connectivity index (χ4n) is 2.82. The number of aromatic nitrogens is 4. The van der Waals surface area contributed by atoms with E-state index in [4.69, 9.17) is 12.2 Å². The number of hydrogen-bond donors (Lipinski definition) is 0. The molecule has 0 N–H and O–H groups in total. The molecule has 0 aromatic carbocycles.